The van der Waals surface area contributed by atoms with Gasteiger partial charge < -0.3 is 49.3 Å². The van der Waals surface area contributed by atoms with Crippen LogP contribution in [0.4, 0.5) is 0 Å². The molecule has 0 saturated carbocycles. The Kier molecular flexibility index (Phi) is 8.13. The zero-order valence-corrected chi connectivity index (χ0v) is 21.7. The second kappa shape index (κ2) is 11.9. The van der Waals surface area contributed by atoms with E-state index in [0.29, 0.717) is 11.1 Å². The second-order valence-electron chi connectivity index (χ2n) is 9.52. The maximum absolute atomic E-state index is 12.7. The van der Waals surface area contributed by atoms with Gasteiger partial charge in [-0.3, -0.25) is 4.79 Å². The third kappa shape index (κ3) is 6.21. The minimum atomic E-state index is -1.74. The van der Waals surface area contributed by atoms with Gasteiger partial charge in [-0.2, -0.15) is 0 Å². The summed E-state index contributed by atoms with van der Waals surface area (Å²) in [6, 6.07) is 15.5. The van der Waals surface area contributed by atoms with E-state index in [9.17, 15) is 40.2 Å². The second-order valence-corrected chi connectivity index (χ2v) is 9.52. The topological polar surface area (TPSA) is 196 Å². The number of ether oxygens (including phenoxy) is 3. The summed E-state index contributed by atoms with van der Waals surface area (Å²) >= 11 is 0. The van der Waals surface area contributed by atoms with E-state index in [1.54, 1.807) is 12.1 Å². The lowest BCUT2D eigenvalue weighted by Crippen LogP contribution is -2.60. The summed E-state index contributed by atoms with van der Waals surface area (Å²) in [5, 5.41) is 60.5. The van der Waals surface area contributed by atoms with E-state index in [1.165, 1.54) is 54.6 Å². The number of aliphatic hydroxyl groups excluding tert-OH is 3. The molecule has 5 atom stereocenters. The predicted molar refractivity (Wildman–Crippen MR) is 147 cm³/mol. The average Bonchev–Trinajstić information content (AvgIpc) is 2.96. The van der Waals surface area contributed by atoms with Crippen LogP contribution in [0.3, 0.4) is 0 Å². The number of fused-ring (bicyclic) bond motifs is 1. The molecular formula is C30H26O12. The first-order valence-electron chi connectivity index (χ1n) is 12.7. The highest BCUT2D eigenvalue weighted by Gasteiger charge is 2.45. The van der Waals surface area contributed by atoms with Crippen molar-refractivity contribution in [3.63, 3.8) is 0 Å². The normalized spacial score (nSPS) is 22.3. The van der Waals surface area contributed by atoms with E-state index in [1.807, 2.05) is 0 Å². The summed E-state index contributed by atoms with van der Waals surface area (Å²) < 4.78 is 22.2. The number of carbonyl (C=O) groups is 1. The maximum atomic E-state index is 12.7. The number of phenols is 3. The van der Waals surface area contributed by atoms with Crippen LogP contribution in [0.15, 0.2) is 82.0 Å². The van der Waals surface area contributed by atoms with Gasteiger partial charge in [-0.15, -0.1) is 0 Å². The first-order valence-corrected chi connectivity index (χ1v) is 12.7. The summed E-state index contributed by atoms with van der Waals surface area (Å²) in [5.74, 6) is -1.13. The van der Waals surface area contributed by atoms with Crippen molar-refractivity contribution in [1.82, 2.24) is 0 Å². The van der Waals surface area contributed by atoms with Gasteiger partial charge in [0.2, 0.25) is 6.29 Å². The Balaban J connectivity index is 1.31. The van der Waals surface area contributed by atoms with Crippen LogP contribution in [-0.4, -0.2) is 73.9 Å². The molecule has 2 heterocycles. The number of esters is 1. The first kappa shape index (κ1) is 28.6. The van der Waals surface area contributed by atoms with Crippen LogP contribution >= 0.6 is 0 Å². The molecule has 218 valence electrons. The van der Waals surface area contributed by atoms with Crippen LogP contribution in [0.5, 0.6) is 23.0 Å². The highest BCUT2D eigenvalue weighted by molar-refractivity contribution is 5.87. The number of aromatic hydroxyl groups is 3. The smallest absolute Gasteiger partial charge is 0.330 e. The molecule has 0 aliphatic carbocycles. The van der Waals surface area contributed by atoms with Gasteiger partial charge in [-0.05, 0) is 48.0 Å². The zero-order valence-electron chi connectivity index (χ0n) is 21.7. The molecule has 0 radical (unpaired) electrons. The highest BCUT2D eigenvalue weighted by Crippen LogP contribution is 2.33. The molecular weight excluding hydrogens is 552 g/mol. The lowest BCUT2D eigenvalue weighted by atomic mass is 9.99. The van der Waals surface area contributed by atoms with Crippen LogP contribution in [0.1, 0.15) is 5.56 Å². The molecule has 12 nitrogen and oxygen atoms in total. The molecule has 0 amide bonds. The predicted octanol–water partition coefficient (Wildman–Crippen LogP) is 2.02. The van der Waals surface area contributed by atoms with Gasteiger partial charge in [0.15, 0.2) is 5.43 Å². The molecule has 1 aromatic heterocycles. The van der Waals surface area contributed by atoms with Crippen molar-refractivity contribution in [3.8, 4) is 34.3 Å². The highest BCUT2D eigenvalue weighted by atomic mass is 16.7. The van der Waals surface area contributed by atoms with Crippen molar-refractivity contribution in [2.75, 3.05) is 6.61 Å². The Morgan fingerprint density at radius 1 is 0.857 bits per heavy atom. The summed E-state index contributed by atoms with van der Waals surface area (Å²) in [6.45, 7) is -0.503. The molecule has 12 heteroatoms. The largest absolute Gasteiger partial charge is 0.508 e. The van der Waals surface area contributed by atoms with Gasteiger partial charge in [0.1, 0.15) is 70.8 Å². The van der Waals surface area contributed by atoms with E-state index in [4.69, 9.17) is 18.6 Å². The van der Waals surface area contributed by atoms with E-state index in [-0.39, 0.29) is 34.0 Å². The number of rotatable bonds is 7. The summed E-state index contributed by atoms with van der Waals surface area (Å²) in [5.41, 5.74) is 0.501. The van der Waals surface area contributed by atoms with Crippen LogP contribution in [0.2, 0.25) is 0 Å². The van der Waals surface area contributed by atoms with Crippen molar-refractivity contribution in [2.24, 2.45) is 0 Å². The molecule has 1 saturated heterocycles. The Bertz CT molecular complexity index is 1660. The maximum Gasteiger partial charge on any atom is 0.330 e. The molecule has 1 aliphatic rings. The number of hydrogen-bond acceptors (Lipinski definition) is 12. The van der Waals surface area contributed by atoms with Gasteiger partial charge in [-0.25, -0.2) is 4.79 Å². The molecule has 1 fully saturated rings. The zero-order chi connectivity index (χ0) is 30.0. The third-order valence-corrected chi connectivity index (χ3v) is 6.55. The fourth-order valence-corrected chi connectivity index (χ4v) is 4.33. The molecule has 4 aromatic rings. The molecule has 42 heavy (non-hydrogen) atoms. The summed E-state index contributed by atoms with van der Waals surface area (Å²) in [4.78, 5) is 24.9. The van der Waals surface area contributed by atoms with Gasteiger partial charge in [-0.1, -0.05) is 12.1 Å². The van der Waals surface area contributed by atoms with E-state index in [0.717, 1.165) is 12.1 Å². The number of carbonyl (C=O) groups excluding carboxylic acids is 1. The fourth-order valence-electron chi connectivity index (χ4n) is 4.33. The molecule has 1 aliphatic heterocycles. The van der Waals surface area contributed by atoms with Crippen LogP contribution in [0, 0.1) is 0 Å². The Morgan fingerprint density at radius 3 is 2.21 bits per heavy atom. The van der Waals surface area contributed by atoms with Crippen molar-refractivity contribution in [3.05, 3.63) is 88.6 Å². The van der Waals surface area contributed by atoms with Gasteiger partial charge in [0, 0.05) is 29.8 Å². The monoisotopic (exact) mass is 578 g/mol. The Labute approximate surface area is 237 Å². The minimum Gasteiger partial charge on any atom is -0.508 e. The average molecular weight is 579 g/mol. The van der Waals surface area contributed by atoms with Crippen LogP contribution in [0.25, 0.3) is 28.4 Å². The fraction of sp³-hybridized carbons (Fsp3) is 0.200. The molecule has 0 bridgehead atoms. The quantitative estimate of drug-likeness (QED) is 0.138. The van der Waals surface area contributed by atoms with Gasteiger partial charge >= 0.3 is 5.97 Å². The first-order chi connectivity index (χ1) is 20.1. The van der Waals surface area contributed by atoms with Crippen molar-refractivity contribution in [1.29, 1.82) is 0 Å². The van der Waals surface area contributed by atoms with Gasteiger partial charge in [0.05, 0.1) is 0 Å². The molecule has 0 unspecified atom stereocenters. The number of aliphatic hydroxyl groups is 3. The van der Waals surface area contributed by atoms with E-state index < -0.39 is 54.5 Å². The lowest BCUT2D eigenvalue weighted by molar-refractivity contribution is -0.278. The number of benzene rings is 3. The summed E-state index contributed by atoms with van der Waals surface area (Å²) in [7, 11) is 0. The minimum absolute atomic E-state index is 0.0205. The molecule has 5 rings (SSSR count). The van der Waals surface area contributed by atoms with E-state index >= 15 is 0 Å². The van der Waals surface area contributed by atoms with Crippen molar-refractivity contribution < 1.29 is 54.1 Å². The summed E-state index contributed by atoms with van der Waals surface area (Å²) in [6.07, 6.45) is -5.43. The van der Waals surface area contributed by atoms with Crippen LogP contribution in [-0.2, 0) is 14.3 Å². The Hall–Kier alpha value is -4.88. The van der Waals surface area contributed by atoms with Gasteiger partial charge in [0.25, 0.3) is 0 Å². The van der Waals surface area contributed by atoms with Crippen molar-refractivity contribution >= 4 is 23.0 Å². The Morgan fingerprint density at radius 2 is 1.52 bits per heavy atom. The lowest BCUT2D eigenvalue weighted by Gasteiger charge is -2.39. The van der Waals surface area contributed by atoms with Crippen molar-refractivity contribution in [2.45, 2.75) is 30.7 Å². The standard InChI is InChI=1S/C30H26O12/c31-17-6-1-15(2-7-17)3-10-25(35)39-14-24-27(36)28(37)29(38)30(42-24)40-19-11-20(33)26-21(34)13-22(41-23(26)12-19)16-4-8-18(32)9-5-16/h1-13,24,27-33,36-38H,14H2/b10-3-/t24-,27-,28+,29-,30-/m1/s1. The molecule has 3 aromatic carbocycles. The van der Waals surface area contributed by atoms with E-state index in [2.05, 4.69) is 0 Å². The third-order valence-electron chi connectivity index (χ3n) is 6.55. The number of phenolic OH excluding ortho intramolecular Hbond substituents is 3. The van der Waals surface area contributed by atoms with Crippen LogP contribution < -0.4 is 10.2 Å². The molecule has 6 N–H and O–H groups in total. The molecule has 0 spiro atoms. The SMILES string of the molecule is O=C(/C=C\c1ccc(O)cc1)OC[C@H]1O[C@@H](Oc2cc(O)c3c(=O)cc(-c4ccc(O)cc4)oc3c2)[C@H](O)[C@@H](O)[C@@H]1O. The number of hydrogen-bond donors (Lipinski definition) is 6.